The van der Waals surface area contributed by atoms with Crippen LogP contribution in [0.5, 0.6) is 5.75 Å². The highest BCUT2D eigenvalue weighted by atomic mass is 19.1. The number of rotatable bonds is 5. The van der Waals surface area contributed by atoms with Gasteiger partial charge in [-0.25, -0.2) is 0 Å². The first-order chi connectivity index (χ1) is 8.36. The van der Waals surface area contributed by atoms with Gasteiger partial charge in [-0.05, 0) is 16.8 Å². The standard InChI is InChI=1S/C14H16FNO/c15-8-3-9-17-14-7-6-11-4-1-2-5-12(11)13(14)10-16/h1-2,4-7H,3,8-10,16H2. The number of hydrogen-bond acceptors (Lipinski definition) is 2. The van der Waals surface area contributed by atoms with Crippen LogP contribution in [0.15, 0.2) is 36.4 Å². The smallest absolute Gasteiger partial charge is 0.124 e. The molecule has 0 saturated heterocycles. The molecule has 17 heavy (non-hydrogen) atoms. The van der Waals surface area contributed by atoms with Gasteiger partial charge in [0.15, 0.2) is 0 Å². The SMILES string of the molecule is NCc1c(OCCCF)ccc2ccccc12. The van der Waals surface area contributed by atoms with Gasteiger partial charge in [0.2, 0.25) is 0 Å². The average molecular weight is 233 g/mol. The molecule has 0 aliphatic heterocycles. The number of alkyl halides is 1. The van der Waals surface area contributed by atoms with Crippen molar-refractivity contribution in [3.8, 4) is 5.75 Å². The summed E-state index contributed by atoms with van der Waals surface area (Å²) in [5, 5.41) is 2.25. The van der Waals surface area contributed by atoms with Crippen LogP contribution in [0, 0.1) is 0 Å². The van der Waals surface area contributed by atoms with Gasteiger partial charge in [-0.15, -0.1) is 0 Å². The Labute approximate surface area is 100 Å². The second-order valence-electron chi connectivity index (χ2n) is 3.86. The van der Waals surface area contributed by atoms with Crippen molar-refractivity contribution in [2.75, 3.05) is 13.3 Å². The molecule has 0 amide bonds. The number of nitrogens with two attached hydrogens (primary N) is 1. The van der Waals surface area contributed by atoms with Gasteiger partial charge in [-0.3, -0.25) is 4.39 Å². The predicted molar refractivity (Wildman–Crippen MR) is 67.9 cm³/mol. The highest BCUT2D eigenvalue weighted by Gasteiger charge is 2.06. The predicted octanol–water partition coefficient (Wildman–Crippen LogP) is 3.04. The van der Waals surface area contributed by atoms with Crippen LogP contribution in [0.1, 0.15) is 12.0 Å². The topological polar surface area (TPSA) is 35.2 Å². The van der Waals surface area contributed by atoms with Gasteiger partial charge < -0.3 is 10.5 Å². The summed E-state index contributed by atoms with van der Waals surface area (Å²) >= 11 is 0. The van der Waals surface area contributed by atoms with Crippen LogP contribution in [0.2, 0.25) is 0 Å². The van der Waals surface area contributed by atoms with E-state index in [4.69, 9.17) is 10.5 Å². The van der Waals surface area contributed by atoms with Crippen molar-refractivity contribution in [3.63, 3.8) is 0 Å². The Morgan fingerprint density at radius 2 is 1.94 bits per heavy atom. The largest absolute Gasteiger partial charge is 0.493 e. The van der Waals surface area contributed by atoms with Crippen molar-refractivity contribution < 1.29 is 9.13 Å². The van der Waals surface area contributed by atoms with E-state index in [-0.39, 0.29) is 6.67 Å². The lowest BCUT2D eigenvalue weighted by atomic mass is 10.0. The molecule has 0 saturated carbocycles. The highest BCUT2D eigenvalue weighted by molar-refractivity contribution is 5.87. The zero-order chi connectivity index (χ0) is 12.1. The van der Waals surface area contributed by atoms with Crippen molar-refractivity contribution in [1.29, 1.82) is 0 Å². The molecule has 2 nitrogen and oxygen atoms in total. The molecule has 0 aliphatic rings. The first kappa shape index (κ1) is 11.9. The Kier molecular flexibility index (Phi) is 3.94. The number of fused-ring (bicyclic) bond motifs is 1. The molecule has 0 radical (unpaired) electrons. The summed E-state index contributed by atoms with van der Waals surface area (Å²) in [4.78, 5) is 0. The summed E-state index contributed by atoms with van der Waals surface area (Å²) in [6, 6.07) is 11.9. The molecular weight excluding hydrogens is 217 g/mol. The minimum Gasteiger partial charge on any atom is -0.493 e. The van der Waals surface area contributed by atoms with Crippen LogP contribution in [0.4, 0.5) is 4.39 Å². The van der Waals surface area contributed by atoms with Gasteiger partial charge in [0.05, 0.1) is 13.3 Å². The first-order valence-corrected chi connectivity index (χ1v) is 5.76. The maximum atomic E-state index is 12.0. The first-order valence-electron chi connectivity index (χ1n) is 5.76. The van der Waals surface area contributed by atoms with E-state index >= 15 is 0 Å². The molecule has 2 N–H and O–H groups in total. The molecular formula is C14H16FNO. The fourth-order valence-electron chi connectivity index (χ4n) is 1.90. The van der Waals surface area contributed by atoms with Gasteiger partial charge in [-0.1, -0.05) is 30.3 Å². The summed E-state index contributed by atoms with van der Waals surface area (Å²) in [5.41, 5.74) is 6.75. The van der Waals surface area contributed by atoms with Crippen LogP contribution in [0.3, 0.4) is 0 Å². The zero-order valence-corrected chi connectivity index (χ0v) is 9.66. The molecule has 90 valence electrons. The lowest BCUT2D eigenvalue weighted by Gasteiger charge is -2.12. The molecule has 2 aromatic carbocycles. The molecule has 0 aliphatic carbocycles. The van der Waals surface area contributed by atoms with Gasteiger partial charge in [-0.2, -0.15) is 0 Å². The van der Waals surface area contributed by atoms with E-state index < -0.39 is 0 Å². The van der Waals surface area contributed by atoms with Crippen LogP contribution in [-0.4, -0.2) is 13.3 Å². The van der Waals surface area contributed by atoms with E-state index in [2.05, 4.69) is 0 Å². The third kappa shape index (κ3) is 2.56. The summed E-state index contributed by atoms with van der Waals surface area (Å²) in [5.74, 6) is 0.764. The third-order valence-corrected chi connectivity index (χ3v) is 2.74. The number of ether oxygens (including phenoxy) is 1. The molecule has 0 spiro atoms. The Balaban J connectivity index is 2.35. The van der Waals surface area contributed by atoms with Crippen LogP contribution in [-0.2, 0) is 6.54 Å². The number of halogens is 1. The van der Waals surface area contributed by atoms with Crippen molar-refractivity contribution in [3.05, 3.63) is 42.0 Å². The average Bonchev–Trinajstić information content (AvgIpc) is 2.38. The molecule has 0 atom stereocenters. The monoisotopic (exact) mass is 233 g/mol. The zero-order valence-electron chi connectivity index (χ0n) is 9.66. The Bertz CT molecular complexity index is 499. The van der Waals surface area contributed by atoms with Crippen molar-refractivity contribution in [1.82, 2.24) is 0 Å². The minimum atomic E-state index is -0.356. The molecule has 0 fully saturated rings. The van der Waals surface area contributed by atoms with Gasteiger partial charge in [0.25, 0.3) is 0 Å². The molecule has 0 heterocycles. The second-order valence-corrected chi connectivity index (χ2v) is 3.86. The van der Waals surface area contributed by atoms with Crippen LogP contribution < -0.4 is 10.5 Å². The molecule has 3 heteroatoms. The lowest BCUT2D eigenvalue weighted by Crippen LogP contribution is -2.05. The highest BCUT2D eigenvalue weighted by Crippen LogP contribution is 2.27. The fraction of sp³-hybridized carbons (Fsp3) is 0.286. The second kappa shape index (κ2) is 5.64. The van der Waals surface area contributed by atoms with Gasteiger partial charge >= 0.3 is 0 Å². The fourth-order valence-corrected chi connectivity index (χ4v) is 1.90. The molecule has 0 unspecified atom stereocenters. The Hall–Kier alpha value is -1.61. The van der Waals surface area contributed by atoms with E-state index in [1.807, 2.05) is 36.4 Å². The third-order valence-electron chi connectivity index (χ3n) is 2.74. The van der Waals surface area contributed by atoms with E-state index in [9.17, 15) is 4.39 Å². The van der Waals surface area contributed by atoms with E-state index in [1.165, 1.54) is 0 Å². The summed E-state index contributed by atoms with van der Waals surface area (Å²) in [6.45, 7) is 0.458. The summed E-state index contributed by atoms with van der Waals surface area (Å²) in [6.07, 6.45) is 0.414. The van der Waals surface area contributed by atoms with Crippen molar-refractivity contribution >= 4 is 10.8 Å². The maximum Gasteiger partial charge on any atom is 0.124 e. The van der Waals surface area contributed by atoms with Crippen molar-refractivity contribution in [2.24, 2.45) is 5.73 Å². The van der Waals surface area contributed by atoms with Gasteiger partial charge in [0.1, 0.15) is 5.75 Å². The summed E-state index contributed by atoms with van der Waals surface area (Å²) < 4.78 is 17.6. The van der Waals surface area contributed by atoms with E-state index in [1.54, 1.807) is 0 Å². The van der Waals surface area contributed by atoms with E-state index in [0.29, 0.717) is 19.6 Å². The lowest BCUT2D eigenvalue weighted by molar-refractivity contribution is 0.287. The Morgan fingerprint density at radius 1 is 1.12 bits per heavy atom. The van der Waals surface area contributed by atoms with Gasteiger partial charge in [0, 0.05) is 18.5 Å². The maximum absolute atomic E-state index is 12.0. The minimum absolute atomic E-state index is 0.356. The van der Waals surface area contributed by atoms with E-state index in [0.717, 1.165) is 22.1 Å². The number of hydrogen-bond donors (Lipinski definition) is 1. The molecule has 0 aromatic heterocycles. The molecule has 2 aromatic rings. The van der Waals surface area contributed by atoms with Crippen LogP contribution >= 0.6 is 0 Å². The van der Waals surface area contributed by atoms with Crippen LogP contribution in [0.25, 0.3) is 10.8 Å². The normalized spacial score (nSPS) is 10.7. The summed E-state index contributed by atoms with van der Waals surface area (Å²) in [7, 11) is 0. The molecule has 0 bridgehead atoms. The quantitative estimate of drug-likeness (QED) is 0.806. The number of benzene rings is 2. The Morgan fingerprint density at radius 3 is 2.71 bits per heavy atom. The van der Waals surface area contributed by atoms with Crippen molar-refractivity contribution in [2.45, 2.75) is 13.0 Å². The molecule has 2 rings (SSSR count).